The van der Waals surface area contributed by atoms with E-state index in [-0.39, 0.29) is 6.47 Å². The van der Waals surface area contributed by atoms with Gasteiger partial charge < -0.3 is 4.74 Å². The molecule has 0 saturated heterocycles. The molecule has 0 aromatic carbocycles. The molecule has 3 heteroatoms. The smallest absolute Gasteiger partial charge is 0.293 e. The van der Waals surface area contributed by atoms with E-state index in [1.54, 1.807) is 0 Å². The maximum atomic E-state index is 9.49. The van der Waals surface area contributed by atoms with E-state index in [0.29, 0.717) is 0 Å². The lowest BCUT2D eigenvalue weighted by molar-refractivity contribution is -0.130. The van der Waals surface area contributed by atoms with Crippen LogP contribution < -0.4 is 0 Å². The Balaban J connectivity index is 3.15. The lowest BCUT2D eigenvalue weighted by Gasteiger charge is -1.93. The van der Waals surface area contributed by atoms with Crippen molar-refractivity contribution >= 4 is 12.8 Å². The predicted molar refractivity (Wildman–Crippen MR) is 22.3 cm³/mol. The molecule has 0 amide bonds. The van der Waals surface area contributed by atoms with Gasteiger partial charge in [-0.2, -0.15) is 0 Å². The summed E-state index contributed by atoms with van der Waals surface area (Å²) >= 11 is 0. The molecule has 0 aromatic heterocycles. The van der Waals surface area contributed by atoms with Gasteiger partial charge in [0.15, 0.2) is 6.10 Å². The number of ether oxygens (including phenoxy) is 1. The van der Waals surface area contributed by atoms with Gasteiger partial charge in [-0.25, -0.2) is 0 Å². The molecule has 7 heavy (non-hydrogen) atoms. The van der Waals surface area contributed by atoms with Gasteiger partial charge in [0.1, 0.15) is 0 Å². The second kappa shape index (κ2) is 3.33. The molecule has 39 valence electrons. The molecule has 0 rings (SSSR count). The standard InChI is InChI=1S/C4H5O3/c1-4(2-5)7-3-6/h3-4H,1H3. The second-order valence-electron chi connectivity index (χ2n) is 0.992. The molecule has 0 N–H and O–H groups in total. The monoisotopic (exact) mass is 101 g/mol. The molecule has 0 saturated carbocycles. The summed E-state index contributed by atoms with van der Waals surface area (Å²) in [6.45, 7) is 1.65. The van der Waals surface area contributed by atoms with E-state index in [9.17, 15) is 9.59 Å². The molecule has 1 radical (unpaired) electrons. The molecule has 0 aliphatic carbocycles. The van der Waals surface area contributed by atoms with E-state index in [2.05, 4.69) is 4.74 Å². The number of hydrogen-bond acceptors (Lipinski definition) is 3. The fourth-order valence-electron chi connectivity index (χ4n) is 0.111. The van der Waals surface area contributed by atoms with E-state index in [1.165, 1.54) is 13.2 Å². The van der Waals surface area contributed by atoms with E-state index >= 15 is 0 Å². The molecular formula is C4H5O3. The van der Waals surface area contributed by atoms with Crippen LogP contribution in [0.25, 0.3) is 0 Å². The Labute approximate surface area is 41.3 Å². The summed E-state index contributed by atoms with van der Waals surface area (Å²) in [4.78, 5) is 18.9. The average Bonchev–Trinajstić information content (AvgIpc) is 1.68. The van der Waals surface area contributed by atoms with Gasteiger partial charge in [-0.3, -0.25) is 9.59 Å². The third-order valence-electron chi connectivity index (χ3n) is 0.426. The van der Waals surface area contributed by atoms with Crippen molar-refractivity contribution in [3.63, 3.8) is 0 Å². The topological polar surface area (TPSA) is 43.4 Å². The number of rotatable bonds is 3. The highest BCUT2D eigenvalue weighted by molar-refractivity contribution is 5.58. The maximum absolute atomic E-state index is 9.49. The summed E-state index contributed by atoms with van der Waals surface area (Å²) in [5.74, 6) is 0. The Bertz CT molecular complexity index is 69.3. The van der Waals surface area contributed by atoms with Crippen molar-refractivity contribution in [1.29, 1.82) is 0 Å². The van der Waals surface area contributed by atoms with Crippen LogP contribution in [0, 0.1) is 0 Å². The normalized spacial score (nSPS) is 12.1. The molecule has 3 nitrogen and oxygen atoms in total. The van der Waals surface area contributed by atoms with E-state index in [0.717, 1.165) is 0 Å². The van der Waals surface area contributed by atoms with Gasteiger partial charge in [0, 0.05) is 0 Å². The van der Waals surface area contributed by atoms with Crippen LogP contribution in [0.1, 0.15) is 6.92 Å². The Morgan fingerprint density at radius 1 is 1.86 bits per heavy atom. The first-order chi connectivity index (χ1) is 3.31. The quantitative estimate of drug-likeness (QED) is 0.456. The van der Waals surface area contributed by atoms with Gasteiger partial charge in [0.25, 0.3) is 6.47 Å². The summed E-state index contributed by atoms with van der Waals surface area (Å²) in [6.07, 6.45) is 0.738. The zero-order valence-corrected chi connectivity index (χ0v) is 3.88. The van der Waals surface area contributed by atoms with E-state index in [4.69, 9.17) is 0 Å². The summed E-state index contributed by atoms with van der Waals surface area (Å²) in [5.41, 5.74) is 0. The third-order valence-corrected chi connectivity index (χ3v) is 0.426. The van der Waals surface area contributed by atoms with Crippen molar-refractivity contribution in [2.75, 3.05) is 0 Å². The van der Waals surface area contributed by atoms with Gasteiger partial charge in [0.2, 0.25) is 6.29 Å². The lowest BCUT2D eigenvalue weighted by atomic mass is 10.5. The molecule has 1 unspecified atom stereocenters. The van der Waals surface area contributed by atoms with Crippen LogP contribution in [-0.4, -0.2) is 18.9 Å². The Hall–Kier alpha value is -0.860. The highest BCUT2D eigenvalue weighted by Gasteiger charge is 1.94. The van der Waals surface area contributed by atoms with Crippen molar-refractivity contribution in [2.45, 2.75) is 13.0 Å². The minimum atomic E-state index is -0.725. The molecular weight excluding hydrogens is 96.0 g/mol. The zero-order valence-electron chi connectivity index (χ0n) is 3.88. The highest BCUT2D eigenvalue weighted by Crippen LogP contribution is 1.77. The first-order valence-corrected chi connectivity index (χ1v) is 1.78. The van der Waals surface area contributed by atoms with Crippen molar-refractivity contribution in [3.05, 3.63) is 0 Å². The van der Waals surface area contributed by atoms with Crippen LogP contribution in [0.15, 0.2) is 0 Å². The zero-order chi connectivity index (χ0) is 5.70. The molecule has 0 heterocycles. The first-order valence-electron chi connectivity index (χ1n) is 1.78. The Morgan fingerprint density at radius 2 is 2.43 bits per heavy atom. The van der Waals surface area contributed by atoms with Gasteiger partial charge >= 0.3 is 0 Å². The second-order valence-corrected chi connectivity index (χ2v) is 0.992. The molecule has 0 fully saturated rings. The lowest BCUT2D eigenvalue weighted by Crippen LogP contribution is -2.06. The average molecular weight is 101 g/mol. The molecule has 0 spiro atoms. The molecule has 0 bridgehead atoms. The number of carbonyl (C=O) groups is 1. The summed E-state index contributed by atoms with van der Waals surface area (Å²) in [6, 6.07) is 0. The number of carbonyl (C=O) groups excluding carboxylic acids is 2. The van der Waals surface area contributed by atoms with Gasteiger partial charge in [-0.1, -0.05) is 0 Å². The van der Waals surface area contributed by atoms with Crippen molar-refractivity contribution < 1.29 is 14.3 Å². The van der Waals surface area contributed by atoms with E-state index in [1.807, 2.05) is 0 Å². The van der Waals surface area contributed by atoms with E-state index < -0.39 is 6.10 Å². The third kappa shape index (κ3) is 2.96. The minimum absolute atomic E-state index is 0.218. The van der Waals surface area contributed by atoms with Crippen LogP contribution in [0.3, 0.4) is 0 Å². The van der Waals surface area contributed by atoms with Gasteiger partial charge in [-0.05, 0) is 6.92 Å². The Kier molecular flexibility index (Phi) is 2.92. The fraction of sp³-hybridized carbons (Fsp3) is 0.500. The maximum Gasteiger partial charge on any atom is 0.293 e. The molecule has 0 aliphatic rings. The largest absolute Gasteiger partial charge is 0.456 e. The SMILES string of the molecule is CC([C]=O)OC=O. The summed E-state index contributed by atoms with van der Waals surface area (Å²) < 4.78 is 4.09. The van der Waals surface area contributed by atoms with Gasteiger partial charge in [-0.15, -0.1) is 0 Å². The highest BCUT2D eigenvalue weighted by atomic mass is 16.5. The Morgan fingerprint density at radius 3 is 2.57 bits per heavy atom. The fourth-order valence-corrected chi connectivity index (χ4v) is 0.111. The van der Waals surface area contributed by atoms with Crippen LogP contribution in [-0.2, 0) is 14.3 Å². The molecule has 1 atom stereocenters. The van der Waals surface area contributed by atoms with Crippen LogP contribution in [0.2, 0.25) is 0 Å². The predicted octanol–water partition coefficient (Wildman–Crippen LogP) is -0.342. The van der Waals surface area contributed by atoms with Crippen molar-refractivity contribution in [2.24, 2.45) is 0 Å². The van der Waals surface area contributed by atoms with Crippen LogP contribution in [0.5, 0.6) is 0 Å². The van der Waals surface area contributed by atoms with Crippen LogP contribution in [0.4, 0.5) is 0 Å². The minimum Gasteiger partial charge on any atom is -0.456 e. The van der Waals surface area contributed by atoms with Crippen molar-refractivity contribution in [3.8, 4) is 0 Å². The van der Waals surface area contributed by atoms with Crippen molar-refractivity contribution in [1.82, 2.24) is 0 Å². The molecule has 0 aliphatic heterocycles. The van der Waals surface area contributed by atoms with Crippen LogP contribution >= 0.6 is 0 Å². The number of hydrogen-bond donors (Lipinski definition) is 0. The summed E-state index contributed by atoms with van der Waals surface area (Å²) in [5, 5.41) is 0. The first kappa shape index (κ1) is 6.14. The molecule has 0 aromatic rings. The summed E-state index contributed by atoms with van der Waals surface area (Å²) in [7, 11) is 0. The van der Waals surface area contributed by atoms with Gasteiger partial charge in [0.05, 0.1) is 0 Å².